The summed E-state index contributed by atoms with van der Waals surface area (Å²) < 4.78 is 0. The first-order valence-corrected chi connectivity index (χ1v) is 5.03. The van der Waals surface area contributed by atoms with E-state index in [4.69, 9.17) is 5.11 Å². The fourth-order valence-electron chi connectivity index (χ4n) is 1.31. The molecule has 0 aliphatic rings. The molecule has 5 heteroatoms. The summed E-state index contributed by atoms with van der Waals surface area (Å²) in [6, 6.07) is 4.74. The maximum atomic E-state index is 10.2. The van der Waals surface area contributed by atoms with Crippen molar-refractivity contribution in [3.05, 3.63) is 23.8 Å². The Morgan fingerprint density at radius 3 is 2.75 bits per heavy atom. The summed E-state index contributed by atoms with van der Waals surface area (Å²) in [5, 5.41) is 30.1. The van der Waals surface area contributed by atoms with Crippen LogP contribution < -0.4 is 5.32 Å². The van der Waals surface area contributed by atoms with Crippen molar-refractivity contribution in [3.8, 4) is 11.5 Å². The highest BCUT2D eigenvalue weighted by Gasteiger charge is 2.04. The van der Waals surface area contributed by atoms with Crippen molar-refractivity contribution in [2.45, 2.75) is 19.4 Å². The van der Waals surface area contributed by atoms with Gasteiger partial charge in [0.05, 0.1) is 0 Å². The molecule has 0 radical (unpaired) electrons. The van der Waals surface area contributed by atoms with Crippen LogP contribution >= 0.6 is 0 Å². The van der Waals surface area contributed by atoms with Crippen LogP contribution in [-0.2, 0) is 11.3 Å². The van der Waals surface area contributed by atoms with Gasteiger partial charge < -0.3 is 20.6 Å². The van der Waals surface area contributed by atoms with Gasteiger partial charge in [-0.1, -0.05) is 12.1 Å². The number of phenols is 2. The van der Waals surface area contributed by atoms with E-state index in [1.54, 1.807) is 12.1 Å². The second-order valence-corrected chi connectivity index (χ2v) is 3.46. The lowest BCUT2D eigenvalue weighted by Crippen LogP contribution is -2.15. The first-order valence-electron chi connectivity index (χ1n) is 5.03. The number of aromatic hydroxyl groups is 2. The van der Waals surface area contributed by atoms with Gasteiger partial charge in [-0.05, 0) is 19.0 Å². The first-order chi connectivity index (χ1) is 7.61. The average molecular weight is 225 g/mol. The smallest absolute Gasteiger partial charge is 0.303 e. The van der Waals surface area contributed by atoms with Gasteiger partial charge in [-0.2, -0.15) is 0 Å². The van der Waals surface area contributed by atoms with E-state index in [1.807, 2.05) is 0 Å². The molecule has 0 saturated heterocycles. The molecule has 0 unspecified atom stereocenters. The summed E-state index contributed by atoms with van der Waals surface area (Å²) in [6.45, 7) is 0.960. The van der Waals surface area contributed by atoms with Gasteiger partial charge in [-0.15, -0.1) is 0 Å². The van der Waals surface area contributed by atoms with Gasteiger partial charge in [0.1, 0.15) is 0 Å². The summed E-state index contributed by atoms with van der Waals surface area (Å²) in [7, 11) is 0. The molecule has 0 amide bonds. The molecule has 16 heavy (non-hydrogen) atoms. The molecule has 88 valence electrons. The van der Waals surface area contributed by atoms with E-state index in [1.165, 1.54) is 6.07 Å². The molecule has 4 N–H and O–H groups in total. The quantitative estimate of drug-likeness (QED) is 0.429. The van der Waals surface area contributed by atoms with Crippen molar-refractivity contribution >= 4 is 5.97 Å². The molecule has 0 aliphatic carbocycles. The van der Waals surface area contributed by atoms with E-state index >= 15 is 0 Å². The van der Waals surface area contributed by atoms with Crippen LogP contribution in [0, 0.1) is 0 Å². The summed E-state index contributed by atoms with van der Waals surface area (Å²) in [6.07, 6.45) is 0.661. The number of phenolic OH excluding ortho intramolecular Hbond substituents is 2. The van der Waals surface area contributed by atoms with Crippen molar-refractivity contribution in [2.24, 2.45) is 0 Å². The van der Waals surface area contributed by atoms with Gasteiger partial charge in [-0.25, -0.2) is 0 Å². The molecule has 1 aromatic carbocycles. The predicted octanol–water partition coefficient (Wildman–Crippen LogP) is 1.05. The van der Waals surface area contributed by atoms with Crippen molar-refractivity contribution in [2.75, 3.05) is 6.54 Å². The highest BCUT2D eigenvalue weighted by molar-refractivity contribution is 5.66. The van der Waals surface area contributed by atoms with Gasteiger partial charge in [0.15, 0.2) is 11.5 Å². The van der Waals surface area contributed by atoms with Gasteiger partial charge in [-0.3, -0.25) is 4.79 Å². The molecule has 0 aromatic heterocycles. The SMILES string of the molecule is O=C(O)CCCNCc1cccc(O)c1O. The molecular formula is C11H15NO4. The zero-order chi connectivity index (χ0) is 12.0. The molecular weight excluding hydrogens is 210 g/mol. The van der Waals surface area contributed by atoms with Gasteiger partial charge in [0.2, 0.25) is 0 Å². The fraction of sp³-hybridized carbons (Fsp3) is 0.364. The molecule has 0 bridgehead atoms. The third-order valence-electron chi connectivity index (χ3n) is 2.16. The number of carboxylic acids is 1. The number of para-hydroxylation sites is 1. The Kier molecular flexibility index (Phi) is 4.60. The van der Waals surface area contributed by atoms with Crippen LogP contribution in [0.4, 0.5) is 0 Å². The van der Waals surface area contributed by atoms with Crippen LogP contribution in [0.3, 0.4) is 0 Å². The maximum Gasteiger partial charge on any atom is 0.303 e. The van der Waals surface area contributed by atoms with Crippen LogP contribution in [0.1, 0.15) is 18.4 Å². The van der Waals surface area contributed by atoms with Crippen molar-refractivity contribution in [3.63, 3.8) is 0 Å². The van der Waals surface area contributed by atoms with Crippen LogP contribution in [0.15, 0.2) is 18.2 Å². The third kappa shape index (κ3) is 3.78. The Morgan fingerprint density at radius 1 is 1.31 bits per heavy atom. The molecule has 1 aromatic rings. The van der Waals surface area contributed by atoms with E-state index < -0.39 is 5.97 Å². The minimum Gasteiger partial charge on any atom is -0.504 e. The van der Waals surface area contributed by atoms with Gasteiger partial charge in [0.25, 0.3) is 0 Å². The zero-order valence-electron chi connectivity index (χ0n) is 8.81. The monoisotopic (exact) mass is 225 g/mol. The number of hydrogen-bond acceptors (Lipinski definition) is 4. The number of rotatable bonds is 6. The lowest BCUT2D eigenvalue weighted by Gasteiger charge is -2.07. The van der Waals surface area contributed by atoms with Crippen LogP contribution in [0.25, 0.3) is 0 Å². The topological polar surface area (TPSA) is 89.8 Å². The van der Waals surface area contributed by atoms with E-state index in [0.29, 0.717) is 25.1 Å². The standard InChI is InChI=1S/C11H15NO4/c13-9-4-1-3-8(11(9)16)7-12-6-2-5-10(14)15/h1,3-4,12-13,16H,2,5-7H2,(H,14,15). The largest absolute Gasteiger partial charge is 0.504 e. The number of nitrogens with one attached hydrogen (secondary N) is 1. The fourth-order valence-corrected chi connectivity index (χ4v) is 1.31. The zero-order valence-corrected chi connectivity index (χ0v) is 8.81. The van der Waals surface area contributed by atoms with Crippen LogP contribution in [0.5, 0.6) is 11.5 Å². The van der Waals surface area contributed by atoms with Crippen LogP contribution in [0.2, 0.25) is 0 Å². The Labute approximate surface area is 93.4 Å². The highest BCUT2D eigenvalue weighted by atomic mass is 16.4. The number of benzene rings is 1. The van der Waals surface area contributed by atoms with E-state index in [0.717, 1.165) is 0 Å². The molecule has 1 rings (SSSR count). The summed E-state index contributed by atoms with van der Waals surface area (Å²) >= 11 is 0. The summed E-state index contributed by atoms with van der Waals surface area (Å²) in [4.78, 5) is 10.2. The minimum atomic E-state index is -0.818. The Balaban J connectivity index is 2.32. The second kappa shape index (κ2) is 5.97. The normalized spacial score (nSPS) is 10.2. The third-order valence-corrected chi connectivity index (χ3v) is 2.16. The maximum absolute atomic E-state index is 10.2. The lowest BCUT2D eigenvalue weighted by molar-refractivity contribution is -0.137. The van der Waals surface area contributed by atoms with Crippen molar-refractivity contribution in [1.82, 2.24) is 5.32 Å². The number of carboxylic acid groups (broad SMARTS) is 1. The molecule has 0 saturated carbocycles. The molecule has 0 spiro atoms. The van der Waals surface area contributed by atoms with Crippen molar-refractivity contribution in [1.29, 1.82) is 0 Å². The number of hydrogen-bond donors (Lipinski definition) is 4. The number of carbonyl (C=O) groups is 1. The van der Waals surface area contributed by atoms with E-state index in [2.05, 4.69) is 5.32 Å². The minimum absolute atomic E-state index is 0.124. The Hall–Kier alpha value is -1.75. The molecule has 0 heterocycles. The lowest BCUT2D eigenvalue weighted by atomic mass is 10.2. The molecule has 0 fully saturated rings. The average Bonchev–Trinajstić information content (AvgIpc) is 2.23. The van der Waals surface area contributed by atoms with Gasteiger partial charge >= 0.3 is 5.97 Å². The summed E-state index contributed by atoms with van der Waals surface area (Å²) in [5.74, 6) is -1.10. The first kappa shape index (κ1) is 12.3. The predicted molar refractivity (Wildman–Crippen MR) is 58.3 cm³/mol. The summed E-state index contributed by atoms with van der Waals surface area (Å²) in [5.41, 5.74) is 0.593. The van der Waals surface area contributed by atoms with Gasteiger partial charge in [0, 0.05) is 18.5 Å². The molecule has 0 aliphatic heterocycles. The Morgan fingerprint density at radius 2 is 2.06 bits per heavy atom. The molecule has 5 nitrogen and oxygen atoms in total. The second-order valence-electron chi connectivity index (χ2n) is 3.46. The van der Waals surface area contributed by atoms with Crippen molar-refractivity contribution < 1.29 is 20.1 Å². The molecule has 0 atom stereocenters. The van der Waals surface area contributed by atoms with E-state index in [9.17, 15) is 15.0 Å². The number of aliphatic carboxylic acids is 1. The van der Waals surface area contributed by atoms with Crippen LogP contribution in [-0.4, -0.2) is 27.8 Å². The Bertz CT molecular complexity index is 365. The van der Waals surface area contributed by atoms with E-state index in [-0.39, 0.29) is 17.9 Å². The highest BCUT2D eigenvalue weighted by Crippen LogP contribution is 2.27.